The molecule has 6 nitrogen and oxygen atoms in total. The zero-order chi connectivity index (χ0) is 16.9. The maximum atomic E-state index is 12.8. The van der Waals surface area contributed by atoms with Gasteiger partial charge in [-0.3, -0.25) is 4.79 Å². The molecule has 0 spiro atoms. The van der Waals surface area contributed by atoms with Crippen LogP contribution >= 0.6 is 0 Å². The van der Waals surface area contributed by atoms with Crippen LogP contribution in [0.25, 0.3) is 0 Å². The highest BCUT2D eigenvalue weighted by molar-refractivity contribution is 5.77. The van der Waals surface area contributed by atoms with Crippen molar-refractivity contribution in [2.45, 2.75) is 45.3 Å². The fourth-order valence-electron chi connectivity index (χ4n) is 2.77. The van der Waals surface area contributed by atoms with E-state index in [4.69, 9.17) is 9.26 Å². The van der Waals surface area contributed by atoms with Crippen LogP contribution in [0.2, 0.25) is 0 Å². The number of ether oxygens (including phenoxy) is 1. The molecular weight excluding hydrogens is 313 g/mol. The summed E-state index contributed by atoms with van der Waals surface area (Å²) in [7, 11) is 0. The number of hydrogen-bond acceptors (Lipinski definition) is 5. The van der Waals surface area contributed by atoms with E-state index < -0.39 is 0 Å². The number of hydrogen-bond donors (Lipinski definition) is 0. The van der Waals surface area contributed by atoms with Crippen molar-refractivity contribution < 1.29 is 18.4 Å². The largest absolute Gasteiger partial charge is 0.485 e. The van der Waals surface area contributed by atoms with E-state index in [1.54, 1.807) is 12.1 Å². The van der Waals surface area contributed by atoms with Crippen LogP contribution in [-0.2, 0) is 17.8 Å². The van der Waals surface area contributed by atoms with Gasteiger partial charge in [0, 0.05) is 25.4 Å². The Morgan fingerprint density at radius 1 is 1.33 bits per heavy atom. The van der Waals surface area contributed by atoms with Gasteiger partial charge in [0.2, 0.25) is 17.6 Å². The Labute approximate surface area is 139 Å². The molecule has 0 saturated carbocycles. The van der Waals surface area contributed by atoms with Crippen LogP contribution in [-0.4, -0.2) is 33.5 Å². The molecule has 1 aromatic carbocycles. The summed E-state index contributed by atoms with van der Waals surface area (Å²) in [5, 5.41) is 3.88. The van der Waals surface area contributed by atoms with E-state index in [9.17, 15) is 9.18 Å². The molecule has 1 aliphatic rings. The van der Waals surface area contributed by atoms with Gasteiger partial charge in [-0.2, -0.15) is 4.98 Å². The third-order valence-corrected chi connectivity index (χ3v) is 4.05. The molecule has 2 aromatic rings. The van der Waals surface area contributed by atoms with Crippen LogP contribution in [0.15, 0.2) is 28.8 Å². The number of amides is 1. The first-order valence-corrected chi connectivity index (χ1v) is 8.11. The second kappa shape index (κ2) is 7.42. The Balaban J connectivity index is 1.53. The third-order valence-electron chi connectivity index (χ3n) is 4.05. The number of aromatic nitrogens is 2. The summed E-state index contributed by atoms with van der Waals surface area (Å²) >= 11 is 0. The third kappa shape index (κ3) is 4.10. The van der Waals surface area contributed by atoms with Gasteiger partial charge in [-0.25, -0.2) is 4.39 Å². The molecule has 0 aliphatic carbocycles. The number of carbonyl (C=O) groups is 1. The maximum absolute atomic E-state index is 12.8. The highest BCUT2D eigenvalue weighted by Crippen LogP contribution is 2.17. The summed E-state index contributed by atoms with van der Waals surface area (Å²) in [6.45, 7) is 2.92. The summed E-state index contributed by atoms with van der Waals surface area (Å²) in [5.74, 6) is 1.32. The second-order valence-corrected chi connectivity index (χ2v) is 5.94. The van der Waals surface area contributed by atoms with Crippen molar-refractivity contribution in [2.75, 3.05) is 6.54 Å². The van der Waals surface area contributed by atoms with Crippen molar-refractivity contribution in [1.29, 1.82) is 0 Å². The summed E-state index contributed by atoms with van der Waals surface area (Å²) < 4.78 is 23.5. The molecule has 1 fully saturated rings. The van der Waals surface area contributed by atoms with Gasteiger partial charge in [0.05, 0.1) is 0 Å². The van der Waals surface area contributed by atoms with Gasteiger partial charge in [-0.05, 0) is 44.0 Å². The van der Waals surface area contributed by atoms with E-state index in [-0.39, 0.29) is 24.4 Å². The number of carbonyl (C=O) groups excluding carboxylic acids is 1. The van der Waals surface area contributed by atoms with Crippen molar-refractivity contribution in [3.05, 3.63) is 41.8 Å². The van der Waals surface area contributed by atoms with Crippen LogP contribution in [0.5, 0.6) is 5.75 Å². The lowest BCUT2D eigenvalue weighted by Gasteiger charge is -2.31. The fourth-order valence-corrected chi connectivity index (χ4v) is 2.77. The van der Waals surface area contributed by atoms with Crippen LogP contribution < -0.4 is 4.74 Å². The van der Waals surface area contributed by atoms with Crippen LogP contribution in [0.3, 0.4) is 0 Å². The first-order valence-electron chi connectivity index (χ1n) is 8.11. The highest BCUT2D eigenvalue weighted by atomic mass is 19.1. The zero-order valence-corrected chi connectivity index (χ0v) is 13.6. The zero-order valence-electron chi connectivity index (χ0n) is 13.6. The van der Waals surface area contributed by atoms with Crippen LogP contribution in [0, 0.1) is 5.82 Å². The van der Waals surface area contributed by atoms with E-state index in [0.717, 1.165) is 19.4 Å². The van der Waals surface area contributed by atoms with E-state index in [1.807, 2.05) is 11.8 Å². The number of benzene rings is 1. The molecule has 0 bridgehead atoms. The van der Waals surface area contributed by atoms with Crippen LogP contribution in [0.1, 0.15) is 37.9 Å². The van der Waals surface area contributed by atoms with Gasteiger partial charge in [-0.1, -0.05) is 5.16 Å². The second-order valence-electron chi connectivity index (χ2n) is 5.94. The smallest absolute Gasteiger partial charge is 0.228 e. The molecule has 1 saturated heterocycles. The molecule has 0 radical (unpaired) electrons. The number of rotatable bonds is 6. The van der Waals surface area contributed by atoms with Crippen LogP contribution in [0.4, 0.5) is 4.39 Å². The molecule has 1 aromatic heterocycles. The average Bonchev–Trinajstić information content (AvgIpc) is 3.02. The number of likely N-dealkylation sites (tertiary alicyclic amines) is 1. The summed E-state index contributed by atoms with van der Waals surface area (Å²) in [6, 6.07) is 5.77. The highest BCUT2D eigenvalue weighted by Gasteiger charge is 2.24. The van der Waals surface area contributed by atoms with Gasteiger partial charge in [0.15, 0.2) is 6.61 Å². The van der Waals surface area contributed by atoms with Gasteiger partial charge in [0.1, 0.15) is 11.6 Å². The summed E-state index contributed by atoms with van der Waals surface area (Å²) in [5.41, 5.74) is 0. The molecular formula is C17H20FN3O3. The minimum atomic E-state index is -0.314. The van der Waals surface area contributed by atoms with Crippen molar-refractivity contribution in [3.8, 4) is 5.75 Å². The number of halogens is 1. The molecule has 24 heavy (non-hydrogen) atoms. The van der Waals surface area contributed by atoms with Gasteiger partial charge < -0.3 is 14.2 Å². The fraction of sp³-hybridized carbons (Fsp3) is 0.471. The Bertz CT molecular complexity index is 687. The number of piperidine rings is 1. The molecule has 1 aliphatic heterocycles. The van der Waals surface area contributed by atoms with Crippen molar-refractivity contribution in [2.24, 2.45) is 0 Å². The standard InChI is InChI=1S/C17H20FN3O3/c1-12(21-9-3-2-4-17(21)22)10-16-19-15(20-24-16)11-23-14-7-5-13(18)6-8-14/h5-8,12H,2-4,9-11H2,1H3/t12-/m1/s1. The topological polar surface area (TPSA) is 68.5 Å². The quantitative estimate of drug-likeness (QED) is 0.813. The molecule has 1 amide bonds. The Morgan fingerprint density at radius 2 is 2.12 bits per heavy atom. The predicted molar refractivity (Wildman–Crippen MR) is 83.8 cm³/mol. The average molecular weight is 333 g/mol. The summed E-state index contributed by atoms with van der Waals surface area (Å²) in [4.78, 5) is 18.1. The summed E-state index contributed by atoms with van der Waals surface area (Å²) in [6.07, 6.45) is 3.14. The SMILES string of the molecule is C[C@H](Cc1nc(COc2ccc(F)cc2)no1)N1CCCCC1=O. The van der Waals surface area contributed by atoms with Gasteiger partial charge in [0.25, 0.3) is 0 Å². The van der Waals surface area contributed by atoms with Gasteiger partial charge >= 0.3 is 0 Å². The Morgan fingerprint density at radius 3 is 2.88 bits per heavy atom. The minimum absolute atomic E-state index is 0.0316. The monoisotopic (exact) mass is 333 g/mol. The lowest BCUT2D eigenvalue weighted by Crippen LogP contribution is -2.42. The normalized spacial score (nSPS) is 16.2. The molecule has 0 unspecified atom stereocenters. The van der Waals surface area contributed by atoms with E-state index in [0.29, 0.717) is 30.3 Å². The predicted octanol–water partition coefficient (Wildman–Crippen LogP) is 2.73. The first kappa shape index (κ1) is 16.4. The Hall–Kier alpha value is -2.44. The molecule has 7 heteroatoms. The lowest BCUT2D eigenvalue weighted by atomic mass is 10.1. The Kier molecular flexibility index (Phi) is 5.08. The first-order chi connectivity index (χ1) is 11.6. The molecule has 3 rings (SSSR count). The van der Waals surface area contributed by atoms with E-state index >= 15 is 0 Å². The number of nitrogens with zero attached hydrogens (tertiary/aromatic N) is 3. The van der Waals surface area contributed by atoms with E-state index in [2.05, 4.69) is 10.1 Å². The van der Waals surface area contributed by atoms with E-state index in [1.165, 1.54) is 12.1 Å². The minimum Gasteiger partial charge on any atom is -0.485 e. The molecule has 128 valence electrons. The lowest BCUT2D eigenvalue weighted by molar-refractivity contribution is -0.135. The maximum Gasteiger partial charge on any atom is 0.228 e. The van der Waals surface area contributed by atoms with Crippen molar-refractivity contribution >= 4 is 5.91 Å². The van der Waals surface area contributed by atoms with Crippen molar-refractivity contribution in [3.63, 3.8) is 0 Å². The molecule has 1 atom stereocenters. The van der Waals surface area contributed by atoms with Gasteiger partial charge in [-0.15, -0.1) is 0 Å². The molecule has 2 heterocycles. The van der Waals surface area contributed by atoms with Crippen molar-refractivity contribution in [1.82, 2.24) is 15.0 Å². The molecule has 0 N–H and O–H groups in total.